The van der Waals surface area contributed by atoms with Crippen LogP contribution in [-0.4, -0.2) is 43.7 Å². The van der Waals surface area contributed by atoms with Crippen LogP contribution in [0.5, 0.6) is 11.8 Å². The smallest absolute Gasteiger partial charge is 0.262 e. The van der Waals surface area contributed by atoms with E-state index in [0.717, 1.165) is 0 Å². The van der Waals surface area contributed by atoms with Crippen LogP contribution in [0.25, 0.3) is 0 Å². The number of hydrogen-bond donors (Lipinski definition) is 2. The van der Waals surface area contributed by atoms with Crippen LogP contribution in [0, 0.1) is 0 Å². The van der Waals surface area contributed by atoms with Gasteiger partial charge in [-0.3, -0.25) is 4.72 Å². The quantitative estimate of drug-likeness (QED) is 0.767. The predicted molar refractivity (Wildman–Crippen MR) is 84.2 cm³/mol. The molecule has 1 aromatic carbocycles. The van der Waals surface area contributed by atoms with Crippen molar-refractivity contribution in [3.63, 3.8) is 0 Å². The van der Waals surface area contributed by atoms with E-state index < -0.39 is 22.1 Å². The number of alkyl halides is 1. The summed E-state index contributed by atoms with van der Waals surface area (Å²) in [5.41, 5.74) is 0.179. The van der Waals surface area contributed by atoms with Gasteiger partial charge in [0.2, 0.25) is 17.8 Å². The lowest BCUT2D eigenvalue weighted by atomic mass is 10.1. The molecule has 0 bridgehead atoms. The van der Waals surface area contributed by atoms with Crippen molar-refractivity contribution in [2.24, 2.45) is 0 Å². The maximum Gasteiger partial charge on any atom is 0.262 e. The molecule has 1 aromatic heterocycles. The Morgan fingerprint density at radius 3 is 2.33 bits per heavy atom. The maximum absolute atomic E-state index is 12.5. The average molecular weight is 357 g/mol. The summed E-state index contributed by atoms with van der Waals surface area (Å²) in [7, 11) is -1.37. The molecule has 10 heteroatoms. The third kappa shape index (κ3) is 4.09. The van der Waals surface area contributed by atoms with Crippen LogP contribution in [0.1, 0.15) is 17.5 Å². The molecule has 0 amide bonds. The molecular formula is C14H16FN3O5S. The summed E-state index contributed by atoms with van der Waals surface area (Å²) >= 11 is 0. The standard InChI is InChI=1S/C14H16FN3O5S/c1-22-11-7-12(23-2)17-14(16-11)13(19)9-5-3-4-6-10(9)18-24(20,21)8-15/h3-7,13,18-19H,8H2,1-2H3. The topological polar surface area (TPSA) is 111 Å². The van der Waals surface area contributed by atoms with Crippen molar-refractivity contribution in [3.8, 4) is 11.8 Å². The van der Waals surface area contributed by atoms with E-state index >= 15 is 0 Å². The van der Waals surface area contributed by atoms with Gasteiger partial charge < -0.3 is 14.6 Å². The molecule has 2 rings (SSSR count). The molecule has 0 spiro atoms. The van der Waals surface area contributed by atoms with Crippen molar-refractivity contribution in [2.45, 2.75) is 6.10 Å². The number of hydrogen-bond acceptors (Lipinski definition) is 7. The third-order valence-corrected chi connectivity index (χ3v) is 3.84. The van der Waals surface area contributed by atoms with Gasteiger partial charge in [-0.15, -0.1) is 0 Å². The molecule has 0 aliphatic carbocycles. The second kappa shape index (κ2) is 7.41. The van der Waals surface area contributed by atoms with Crippen LogP contribution >= 0.6 is 0 Å². The number of methoxy groups -OCH3 is 2. The Morgan fingerprint density at radius 1 is 1.21 bits per heavy atom. The number of aliphatic hydroxyl groups is 1. The summed E-state index contributed by atoms with van der Waals surface area (Å²) < 4.78 is 47.5. The molecule has 1 atom stereocenters. The number of para-hydroxylation sites is 1. The molecule has 0 aliphatic heterocycles. The average Bonchev–Trinajstić information content (AvgIpc) is 2.60. The molecule has 24 heavy (non-hydrogen) atoms. The number of ether oxygens (including phenoxy) is 2. The second-order valence-electron chi connectivity index (χ2n) is 4.63. The van der Waals surface area contributed by atoms with E-state index in [1.807, 2.05) is 0 Å². The molecular weight excluding hydrogens is 341 g/mol. The SMILES string of the molecule is COc1cc(OC)nc(C(O)c2ccccc2NS(=O)(=O)CF)n1. The van der Waals surface area contributed by atoms with Gasteiger partial charge in [0.1, 0.15) is 6.10 Å². The normalized spacial score (nSPS) is 12.5. The predicted octanol–water partition coefficient (Wildman–Crippen LogP) is 1.24. The molecule has 0 fully saturated rings. The second-order valence-corrected chi connectivity index (χ2v) is 6.28. The lowest BCUT2D eigenvalue weighted by Crippen LogP contribution is -2.17. The molecule has 130 valence electrons. The van der Waals surface area contributed by atoms with Gasteiger partial charge in [-0.05, 0) is 6.07 Å². The summed E-state index contributed by atoms with van der Waals surface area (Å²) in [5, 5.41) is 10.5. The Kier molecular flexibility index (Phi) is 5.52. The molecule has 1 unspecified atom stereocenters. The number of nitrogens with zero attached hydrogens (tertiary/aromatic N) is 2. The van der Waals surface area contributed by atoms with Gasteiger partial charge in [-0.25, -0.2) is 12.8 Å². The number of aliphatic hydroxyl groups excluding tert-OH is 1. The summed E-state index contributed by atoms with van der Waals surface area (Å²) in [6.07, 6.45) is -1.38. The van der Waals surface area contributed by atoms with Crippen molar-refractivity contribution in [2.75, 3.05) is 24.9 Å². The van der Waals surface area contributed by atoms with Crippen LogP contribution in [0.3, 0.4) is 0 Å². The highest BCUT2D eigenvalue weighted by molar-refractivity contribution is 7.92. The Morgan fingerprint density at radius 2 is 1.79 bits per heavy atom. The lowest BCUT2D eigenvalue weighted by Gasteiger charge is -2.16. The summed E-state index contributed by atoms with van der Waals surface area (Å²) in [4.78, 5) is 8.04. The number of benzene rings is 1. The number of halogens is 1. The van der Waals surface area contributed by atoms with Crippen molar-refractivity contribution >= 4 is 15.7 Å². The van der Waals surface area contributed by atoms with E-state index in [1.165, 1.54) is 32.4 Å². The first-order valence-corrected chi connectivity index (χ1v) is 8.36. The Hall–Kier alpha value is -2.46. The lowest BCUT2D eigenvalue weighted by molar-refractivity contribution is 0.206. The zero-order valence-corrected chi connectivity index (χ0v) is 13.7. The molecule has 0 saturated carbocycles. The number of nitrogens with one attached hydrogen (secondary N) is 1. The van der Waals surface area contributed by atoms with E-state index in [2.05, 4.69) is 14.7 Å². The van der Waals surface area contributed by atoms with Crippen molar-refractivity contribution in [3.05, 3.63) is 41.7 Å². The number of sulfonamides is 1. The first kappa shape index (κ1) is 17.9. The molecule has 8 nitrogen and oxygen atoms in total. The fourth-order valence-electron chi connectivity index (χ4n) is 1.91. The van der Waals surface area contributed by atoms with Gasteiger partial charge in [-0.2, -0.15) is 9.97 Å². The number of rotatable bonds is 7. The van der Waals surface area contributed by atoms with Gasteiger partial charge in [0.15, 0.2) is 5.82 Å². The van der Waals surface area contributed by atoms with Crippen LogP contribution in [0.2, 0.25) is 0 Å². The van der Waals surface area contributed by atoms with Gasteiger partial charge in [0.25, 0.3) is 10.0 Å². The third-order valence-electron chi connectivity index (χ3n) is 3.02. The molecule has 0 radical (unpaired) electrons. The van der Waals surface area contributed by atoms with Crippen molar-refractivity contribution < 1.29 is 27.4 Å². The van der Waals surface area contributed by atoms with E-state index in [-0.39, 0.29) is 28.8 Å². The highest BCUT2D eigenvalue weighted by Gasteiger charge is 2.21. The first-order valence-electron chi connectivity index (χ1n) is 6.70. The van der Waals surface area contributed by atoms with Gasteiger partial charge in [0.05, 0.1) is 26.0 Å². The fourth-order valence-corrected chi connectivity index (χ4v) is 2.49. The molecule has 2 N–H and O–H groups in total. The maximum atomic E-state index is 12.5. The highest BCUT2D eigenvalue weighted by Crippen LogP contribution is 2.29. The van der Waals surface area contributed by atoms with Gasteiger partial charge >= 0.3 is 0 Å². The van der Waals surface area contributed by atoms with Crippen LogP contribution < -0.4 is 14.2 Å². The minimum Gasteiger partial charge on any atom is -0.481 e. The summed E-state index contributed by atoms with van der Waals surface area (Å²) in [5.74, 6) is 0.272. The van der Waals surface area contributed by atoms with Gasteiger partial charge in [0, 0.05) is 5.56 Å². The van der Waals surface area contributed by atoms with E-state index in [9.17, 15) is 17.9 Å². The van der Waals surface area contributed by atoms with Gasteiger partial charge in [-0.1, -0.05) is 18.2 Å². The van der Waals surface area contributed by atoms with Crippen molar-refractivity contribution in [1.82, 2.24) is 9.97 Å². The summed E-state index contributed by atoms with van der Waals surface area (Å²) in [6.45, 7) is 0. The zero-order chi connectivity index (χ0) is 17.7. The molecule has 1 heterocycles. The number of anilines is 1. The minimum atomic E-state index is -4.15. The molecule has 0 aliphatic rings. The Labute approximate surface area is 138 Å². The van der Waals surface area contributed by atoms with Crippen LogP contribution in [0.4, 0.5) is 10.1 Å². The fraction of sp³-hybridized carbons (Fsp3) is 0.286. The molecule has 0 saturated heterocycles. The van der Waals surface area contributed by atoms with E-state index in [0.29, 0.717) is 0 Å². The van der Waals surface area contributed by atoms with Crippen molar-refractivity contribution in [1.29, 1.82) is 0 Å². The Bertz CT molecular complexity index is 794. The zero-order valence-electron chi connectivity index (χ0n) is 12.9. The minimum absolute atomic E-state index is 0.0213. The number of aromatic nitrogens is 2. The monoisotopic (exact) mass is 357 g/mol. The highest BCUT2D eigenvalue weighted by atomic mass is 32.2. The van der Waals surface area contributed by atoms with Crippen LogP contribution in [0.15, 0.2) is 30.3 Å². The Balaban J connectivity index is 2.45. The largest absolute Gasteiger partial charge is 0.481 e. The van der Waals surface area contributed by atoms with E-state index in [1.54, 1.807) is 12.1 Å². The summed E-state index contributed by atoms with van der Waals surface area (Å²) in [6, 6.07) is 5.83. The molecule has 2 aromatic rings. The first-order chi connectivity index (χ1) is 11.4. The van der Waals surface area contributed by atoms with Crippen LogP contribution in [-0.2, 0) is 10.0 Å². The van der Waals surface area contributed by atoms with E-state index in [4.69, 9.17) is 9.47 Å².